The number of benzene rings is 1. The Kier molecular flexibility index (Phi) is 4.64. The van der Waals surface area contributed by atoms with Crippen LogP contribution in [0.3, 0.4) is 0 Å². The summed E-state index contributed by atoms with van der Waals surface area (Å²) >= 11 is 0. The molecule has 1 aromatic carbocycles. The number of aryl methyl sites for hydroxylation is 1. The van der Waals surface area contributed by atoms with Crippen molar-refractivity contribution in [2.45, 2.75) is 26.1 Å². The monoisotopic (exact) mass is 292 g/mol. The molecule has 0 unspecified atom stereocenters. The van der Waals surface area contributed by atoms with E-state index in [0.717, 1.165) is 0 Å². The summed E-state index contributed by atoms with van der Waals surface area (Å²) in [6.07, 6.45) is 1.73. The molecule has 1 aromatic heterocycles. The number of carboxylic acids is 1. The second kappa shape index (κ2) is 6.45. The summed E-state index contributed by atoms with van der Waals surface area (Å²) in [4.78, 5) is 12.9. The molecular formula is C14H17FN4O2. The van der Waals surface area contributed by atoms with Crippen molar-refractivity contribution in [3.05, 3.63) is 47.5 Å². The van der Waals surface area contributed by atoms with Crippen LogP contribution in [-0.4, -0.2) is 37.0 Å². The molecule has 6 nitrogen and oxygen atoms in total. The van der Waals surface area contributed by atoms with Crippen LogP contribution in [0.25, 0.3) is 0 Å². The summed E-state index contributed by atoms with van der Waals surface area (Å²) in [7, 11) is 1.74. The average Bonchev–Trinajstić information content (AvgIpc) is 2.82. The number of hydrogen-bond acceptors (Lipinski definition) is 4. The maximum atomic E-state index is 13.2. The maximum Gasteiger partial charge on any atom is 0.320 e. The molecule has 0 fully saturated rings. The van der Waals surface area contributed by atoms with Gasteiger partial charge in [-0.2, -0.15) is 0 Å². The van der Waals surface area contributed by atoms with Crippen LogP contribution in [0, 0.1) is 5.82 Å². The summed E-state index contributed by atoms with van der Waals surface area (Å²) in [6, 6.07) is 5.42. The van der Waals surface area contributed by atoms with Crippen molar-refractivity contribution in [1.29, 1.82) is 0 Å². The van der Waals surface area contributed by atoms with Crippen LogP contribution in [-0.2, 0) is 24.9 Å². The van der Waals surface area contributed by atoms with Gasteiger partial charge in [-0.3, -0.25) is 14.4 Å². The minimum atomic E-state index is -0.935. The lowest BCUT2D eigenvalue weighted by Gasteiger charge is -2.25. The molecule has 2 rings (SSSR count). The van der Waals surface area contributed by atoms with E-state index in [1.54, 1.807) is 41.9 Å². The van der Waals surface area contributed by atoms with E-state index in [0.29, 0.717) is 24.3 Å². The predicted molar refractivity (Wildman–Crippen MR) is 73.7 cm³/mol. The fourth-order valence-corrected chi connectivity index (χ4v) is 2.03. The van der Waals surface area contributed by atoms with E-state index in [1.807, 2.05) is 0 Å². The van der Waals surface area contributed by atoms with E-state index >= 15 is 0 Å². The van der Waals surface area contributed by atoms with Gasteiger partial charge in [0.2, 0.25) is 0 Å². The Morgan fingerprint density at radius 1 is 1.48 bits per heavy atom. The smallest absolute Gasteiger partial charge is 0.320 e. The van der Waals surface area contributed by atoms with Crippen LogP contribution < -0.4 is 0 Å². The number of aromatic nitrogens is 3. The summed E-state index contributed by atoms with van der Waals surface area (Å²) in [5, 5.41) is 17.0. The molecule has 7 heteroatoms. The van der Waals surface area contributed by atoms with Gasteiger partial charge >= 0.3 is 5.97 Å². The van der Waals surface area contributed by atoms with Crippen molar-refractivity contribution >= 4 is 5.97 Å². The normalized spacial score (nSPS) is 12.6. The van der Waals surface area contributed by atoms with E-state index in [4.69, 9.17) is 0 Å². The highest BCUT2D eigenvalue weighted by molar-refractivity contribution is 5.72. The van der Waals surface area contributed by atoms with Crippen molar-refractivity contribution in [1.82, 2.24) is 19.9 Å². The van der Waals surface area contributed by atoms with E-state index in [-0.39, 0.29) is 5.82 Å². The van der Waals surface area contributed by atoms with Gasteiger partial charge in [0.05, 0.1) is 5.69 Å². The second-order valence-electron chi connectivity index (χ2n) is 4.93. The van der Waals surface area contributed by atoms with Crippen molar-refractivity contribution < 1.29 is 14.3 Å². The molecule has 0 saturated carbocycles. The number of nitrogens with zero attached hydrogens (tertiary/aromatic N) is 4. The first-order valence-electron chi connectivity index (χ1n) is 6.52. The first kappa shape index (κ1) is 15.1. The third kappa shape index (κ3) is 4.09. The second-order valence-corrected chi connectivity index (χ2v) is 4.93. The summed E-state index contributed by atoms with van der Waals surface area (Å²) < 4.78 is 14.8. The predicted octanol–water partition coefficient (Wildman–Crippen LogP) is 1.43. The average molecular weight is 292 g/mol. The van der Waals surface area contributed by atoms with Crippen LogP contribution in [0.15, 0.2) is 30.5 Å². The lowest BCUT2D eigenvalue weighted by Crippen LogP contribution is -2.38. The molecule has 112 valence electrons. The zero-order valence-corrected chi connectivity index (χ0v) is 11.9. The largest absolute Gasteiger partial charge is 0.480 e. The van der Waals surface area contributed by atoms with Crippen molar-refractivity contribution in [2.75, 3.05) is 0 Å². The highest BCUT2D eigenvalue weighted by Crippen LogP contribution is 2.13. The van der Waals surface area contributed by atoms with Crippen LogP contribution in [0.4, 0.5) is 4.39 Å². The number of aliphatic carboxylic acids is 1. The number of carbonyl (C=O) groups is 1. The van der Waals surface area contributed by atoms with Gasteiger partial charge in [0.1, 0.15) is 11.9 Å². The number of rotatable bonds is 6. The van der Waals surface area contributed by atoms with Crippen LogP contribution in [0.2, 0.25) is 0 Å². The molecule has 21 heavy (non-hydrogen) atoms. The molecule has 2 aromatic rings. The van der Waals surface area contributed by atoms with E-state index in [9.17, 15) is 14.3 Å². The molecule has 0 aliphatic heterocycles. The Morgan fingerprint density at radius 2 is 2.24 bits per heavy atom. The third-order valence-corrected chi connectivity index (χ3v) is 3.20. The topological polar surface area (TPSA) is 71.2 Å². The van der Waals surface area contributed by atoms with Crippen LogP contribution in [0.5, 0.6) is 0 Å². The Labute approximate surface area is 121 Å². The third-order valence-electron chi connectivity index (χ3n) is 3.20. The molecule has 0 amide bonds. The minimum absolute atomic E-state index is 0.321. The summed E-state index contributed by atoms with van der Waals surface area (Å²) in [5.74, 6) is -1.27. The van der Waals surface area contributed by atoms with Gasteiger partial charge in [0.25, 0.3) is 0 Å². The Bertz CT molecular complexity index is 629. The lowest BCUT2D eigenvalue weighted by molar-refractivity contribution is -0.143. The fraction of sp³-hybridized carbons (Fsp3) is 0.357. The molecule has 1 heterocycles. The van der Waals surface area contributed by atoms with Crippen LogP contribution >= 0.6 is 0 Å². The molecule has 0 aliphatic carbocycles. The Morgan fingerprint density at radius 3 is 2.81 bits per heavy atom. The maximum absolute atomic E-state index is 13.2. The van der Waals surface area contributed by atoms with Gasteiger partial charge in [0, 0.05) is 26.3 Å². The molecule has 1 N–H and O–H groups in total. The summed E-state index contributed by atoms with van der Waals surface area (Å²) in [6.45, 7) is 2.25. The lowest BCUT2D eigenvalue weighted by atomic mass is 10.1. The zero-order valence-electron chi connectivity index (χ0n) is 11.9. The quantitative estimate of drug-likeness (QED) is 0.872. The van der Waals surface area contributed by atoms with Gasteiger partial charge in [-0.25, -0.2) is 4.39 Å². The standard InChI is InChI=1S/C14H17FN4O2/c1-10(14(20)21)19(9-13-8-18(2)17-16-13)7-11-4-3-5-12(15)6-11/h3-6,8,10H,7,9H2,1-2H3,(H,20,21)/t10-/m0/s1. The molecule has 0 radical (unpaired) electrons. The van der Waals surface area contributed by atoms with Gasteiger partial charge in [0.15, 0.2) is 0 Å². The molecule has 0 aliphatic rings. The zero-order chi connectivity index (χ0) is 15.4. The van der Waals surface area contributed by atoms with E-state index < -0.39 is 12.0 Å². The van der Waals surface area contributed by atoms with Crippen LogP contribution in [0.1, 0.15) is 18.2 Å². The SMILES string of the molecule is C[C@@H](C(=O)O)N(Cc1cccc(F)c1)Cc1cn(C)nn1. The van der Waals surface area contributed by atoms with Gasteiger partial charge < -0.3 is 5.11 Å². The number of hydrogen-bond donors (Lipinski definition) is 1. The Hall–Kier alpha value is -2.28. The van der Waals surface area contributed by atoms with Gasteiger partial charge in [-0.1, -0.05) is 17.3 Å². The molecular weight excluding hydrogens is 275 g/mol. The van der Waals surface area contributed by atoms with E-state index in [1.165, 1.54) is 12.1 Å². The van der Waals surface area contributed by atoms with Crippen molar-refractivity contribution in [2.24, 2.45) is 7.05 Å². The molecule has 0 saturated heterocycles. The van der Waals surface area contributed by atoms with E-state index in [2.05, 4.69) is 10.3 Å². The van der Waals surface area contributed by atoms with Crippen molar-refractivity contribution in [3.8, 4) is 0 Å². The number of carboxylic acid groups (broad SMARTS) is 1. The highest BCUT2D eigenvalue weighted by Gasteiger charge is 2.22. The molecule has 1 atom stereocenters. The van der Waals surface area contributed by atoms with Crippen molar-refractivity contribution in [3.63, 3.8) is 0 Å². The Balaban J connectivity index is 2.17. The fourth-order valence-electron chi connectivity index (χ4n) is 2.03. The molecule has 0 bridgehead atoms. The minimum Gasteiger partial charge on any atom is -0.480 e. The number of halogens is 1. The van der Waals surface area contributed by atoms with Gasteiger partial charge in [-0.05, 0) is 24.6 Å². The first-order valence-corrected chi connectivity index (χ1v) is 6.52. The van der Waals surface area contributed by atoms with Gasteiger partial charge in [-0.15, -0.1) is 5.10 Å². The summed E-state index contributed by atoms with van der Waals surface area (Å²) in [5.41, 5.74) is 1.38. The highest BCUT2D eigenvalue weighted by atomic mass is 19.1. The molecule has 0 spiro atoms. The first-order chi connectivity index (χ1) is 9.95.